The maximum absolute atomic E-state index is 13.8. The van der Waals surface area contributed by atoms with Crippen molar-refractivity contribution < 1.29 is 9.18 Å². The maximum atomic E-state index is 13.8. The second kappa shape index (κ2) is 5.41. The van der Waals surface area contributed by atoms with Gasteiger partial charge in [0.15, 0.2) is 0 Å². The molecule has 5 heteroatoms. The van der Waals surface area contributed by atoms with Gasteiger partial charge in [-0.25, -0.2) is 4.39 Å². The number of nitrogen functional groups attached to an aromatic ring is 1. The van der Waals surface area contributed by atoms with E-state index in [0.717, 1.165) is 5.56 Å². The van der Waals surface area contributed by atoms with Gasteiger partial charge >= 0.3 is 0 Å². The van der Waals surface area contributed by atoms with E-state index < -0.39 is 0 Å². The Morgan fingerprint density at radius 1 is 1.24 bits per heavy atom. The predicted octanol–water partition coefficient (Wildman–Crippen LogP) is 3.49. The van der Waals surface area contributed by atoms with Crippen molar-refractivity contribution in [2.45, 2.75) is 12.3 Å². The smallest absolute Gasteiger partial charge is 0.238 e. The van der Waals surface area contributed by atoms with Crippen LogP contribution in [0.15, 0.2) is 42.5 Å². The molecule has 0 aromatic heterocycles. The number of carbonyl (C=O) groups excluding carboxylic acids is 1. The minimum absolute atomic E-state index is 0.0260. The third-order valence-electron chi connectivity index (χ3n) is 3.63. The molecule has 1 amide bonds. The van der Waals surface area contributed by atoms with Gasteiger partial charge in [-0.3, -0.25) is 9.69 Å². The van der Waals surface area contributed by atoms with Crippen LogP contribution in [0.3, 0.4) is 0 Å². The van der Waals surface area contributed by atoms with Crippen molar-refractivity contribution >= 4 is 29.0 Å². The number of hydrogen-bond donors (Lipinski definition) is 1. The lowest BCUT2D eigenvalue weighted by atomic mass is 10.1. The number of nitrogens with zero attached hydrogens (tertiary/aromatic N) is 1. The van der Waals surface area contributed by atoms with Gasteiger partial charge in [-0.2, -0.15) is 0 Å². The Morgan fingerprint density at radius 3 is 2.76 bits per heavy atom. The summed E-state index contributed by atoms with van der Waals surface area (Å²) in [6.07, 6.45) is 0. The number of halogens is 1. The average Bonchev–Trinajstić information content (AvgIpc) is 2.84. The zero-order chi connectivity index (χ0) is 15.0. The van der Waals surface area contributed by atoms with Crippen LogP contribution in [0.25, 0.3) is 0 Å². The Hall–Kier alpha value is -2.01. The first kappa shape index (κ1) is 13.9. The average molecular weight is 302 g/mol. The molecule has 1 aliphatic rings. The van der Waals surface area contributed by atoms with Crippen molar-refractivity contribution in [3.63, 3.8) is 0 Å². The number of hydrogen-bond acceptors (Lipinski definition) is 3. The maximum Gasteiger partial charge on any atom is 0.238 e. The van der Waals surface area contributed by atoms with E-state index in [9.17, 15) is 9.18 Å². The highest BCUT2D eigenvalue weighted by molar-refractivity contribution is 8.00. The molecule has 0 saturated carbocycles. The molecule has 1 unspecified atom stereocenters. The molecule has 0 bridgehead atoms. The van der Waals surface area contributed by atoms with Crippen LogP contribution in [0.5, 0.6) is 0 Å². The summed E-state index contributed by atoms with van der Waals surface area (Å²) in [6.45, 7) is 1.69. The minimum Gasteiger partial charge on any atom is -0.398 e. The Kier molecular flexibility index (Phi) is 3.59. The fourth-order valence-electron chi connectivity index (χ4n) is 2.51. The van der Waals surface area contributed by atoms with Crippen LogP contribution in [0, 0.1) is 12.7 Å². The van der Waals surface area contributed by atoms with E-state index in [1.807, 2.05) is 24.3 Å². The van der Waals surface area contributed by atoms with Gasteiger partial charge in [0.05, 0.1) is 11.4 Å². The molecule has 21 heavy (non-hydrogen) atoms. The first-order valence-electron chi connectivity index (χ1n) is 6.63. The monoisotopic (exact) mass is 302 g/mol. The molecule has 2 N–H and O–H groups in total. The highest BCUT2D eigenvalue weighted by Gasteiger charge is 2.35. The summed E-state index contributed by atoms with van der Waals surface area (Å²) in [5.41, 5.74) is 8.65. The molecule has 2 aromatic carbocycles. The summed E-state index contributed by atoms with van der Waals surface area (Å²) in [5, 5.41) is -0.209. The van der Waals surface area contributed by atoms with Crippen molar-refractivity contribution in [3.05, 3.63) is 59.4 Å². The van der Waals surface area contributed by atoms with Crippen LogP contribution < -0.4 is 10.6 Å². The third-order valence-corrected chi connectivity index (χ3v) is 4.82. The van der Waals surface area contributed by atoms with Crippen LogP contribution >= 0.6 is 11.8 Å². The van der Waals surface area contributed by atoms with Crippen LogP contribution in [-0.2, 0) is 4.79 Å². The van der Waals surface area contributed by atoms with Gasteiger partial charge in [0.25, 0.3) is 0 Å². The van der Waals surface area contributed by atoms with Crippen molar-refractivity contribution in [2.24, 2.45) is 0 Å². The van der Waals surface area contributed by atoms with Crippen molar-refractivity contribution in [1.82, 2.24) is 0 Å². The van der Waals surface area contributed by atoms with E-state index in [1.54, 1.807) is 24.0 Å². The molecule has 1 fully saturated rings. The van der Waals surface area contributed by atoms with Crippen LogP contribution in [-0.4, -0.2) is 11.7 Å². The summed E-state index contributed by atoms with van der Waals surface area (Å²) in [7, 11) is 0. The van der Waals surface area contributed by atoms with E-state index >= 15 is 0 Å². The molecule has 1 atom stereocenters. The number of nitrogens with two attached hydrogens (primary N) is 1. The number of thioether (sulfide) groups is 1. The number of para-hydroxylation sites is 1. The van der Waals surface area contributed by atoms with E-state index in [4.69, 9.17) is 5.73 Å². The van der Waals surface area contributed by atoms with Gasteiger partial charge in [0, 0.05) is 16.8 Å². The zero-order valence-electron chi connectivity index (χ0n) is 11.5. The number of amides is 1. The Balaban J connectivity index is 2.09. The molecule has 2 aromatic rings. The SMILES string of the molecule is Cc1c(F)cccc1N1C(=O)CSC1c1ccccc1N. The standard InChI is InChI=1S/C16H15FN2OS/c1-10-12(17)6-4-8-14(10)19-15(20)9-21-16(19)11-5-2-3-7-13(11)18/h2-8,16H,9,18H2,1H3. The molecular formula is C16H15FN2OS. The number of benzene rings is 2. The molecule has 3 nitrogen and oxygen atoms in total. The molecule has 108 valence electrons. The zero-order valence-corrected chi connectivity index (χ0v) is 12.4. The fourth-order valence-corrected chi connectivity index (χ4v) is 3.72. The third kappa shape index (κ3) is 2.38. The van der Waals surface area contributed by atoms with Gasteiger partial charge in [-0.1, -0.05) is 24.3 Å². The van der Waals surface area contributed by atoms with Crippen LogP contribution in [0.1, 0.15) is 16.5 Å². The lowest BCUT2D eigenvalue weighted by molar-refractivity contribution is -0.115. The van der Waals surface area contributed by atoms with Gasteiger partial charge in [0.2, 0.25) is 5.91 Å². The number of anilines is 2. The second-order valence-electron chi connectivity index (χ2n) is 4.94. The number of rotatable bonds is 2. The van der Waals surface area contributed by atoms with Crippen molar-refractivity contribution in [3.8, 4) is 0 Å². The summed E-state index contributed by atoms with van der Waals surface area (Å²) in [5.74, 6) is 0.0357. The van der Waals surface area contributed by atoms with Gasteiger partial charge in [-0.05, 0) is 25.1 Å². The minimum atomic E-state index is -0.308. The summed E-state index contributed by atoms with van der Waals surface area (Å²) in [6, 6.07) is 12.3. The first-order chi connectivity index (χ1) is 10.1. The molecule has 1 heterocycles. The normalized spacial score (nSPS) is 18.3. The topological polar surface area (TPSA) is 46.3 Å². The summed E-state index contributed by atoms with van der Waals surface area (Å²) >= 11 is 1.51. The Bertz CT molecular complexity index is 704. The van der Waals surface area contributed by atoms with Gasteiger partial charge < -0.3 is 5.73 Å². The summed E-state index contributed by atoms with van der Waals surface area (Å²) in [4.78, 5) is 13.9. The van der Waals surface area contributed by atoms with Crippen LogP contribution in [0.2, 0.25) is 0 Å². The molecule has 0 spiro atoms. The number of carbonyl (C=O) groups is 1. The van der Waals surface area contributed by atoms with Crippen LogP contribution in [0.4, 0.5) is 15.8 Å². The van der Waals surface area contributed by atoms with E-state index in [0.29, 0.717) is 22.7 Å². The van der Waals surface area contributed by atoms with Gasteiger partial charge in [-0.15, -0.1) is 11.8 Å². The second-order valence-corrected chi connectivity index (χ2v) is 6.01. The summed E-state index contributed by atoms with van der Waals surface area (Å²) < 4.78 is 13.8. The molecular weight excluding hydrogens is 287 g/mol. The van der Waals surface area contributed by atoms with E-state index in [2.05, 4.69) is 0 Å². The molecule has 0 radical (unpaired) electrons. The highest BCUT2D eigenvalue weighted by atomic mass is 32.2. The lowest BCUT2D eigenvalue weighted by Crippen LogP contribution is -2.29. The van der Waals surface area contributed by atoms with Gasteiger partial charge in [0.1, 0.15) is 11.2 Å². The molecule has 1 saturated heterocycles. The lowest BCUT2D eigenvalue weighted by Gasteiger charge is -2.26. The first-order valence-corrected chi connectivity index (χ1v) is 7.67. The van der Waals surface area contributed by atoms with Crippen molar-refractivity contribution in [1.29, 1.82) is 0 Å². The van der Waals surface area contributed by atoms with Crippen molar-refractivity contribution in [2.75, 3.05) is 16.4 Å². The largest absolute Gasteiger partial charge is 0.398 e. The molecule has 1 aliphatic heterocycles. The molecule has 0 aliphatic carbocycles. The highest BCUT2D eigenvalue weighted by Crippen LogP contribution is 2.44. The molecule has 3 rings (SSSR count). The Morgan fingerprint density at radius 2 is 2.00 bits per heavy atom. The quantitative estimate of drug-likeness (QED) is 0.864. The van der Waals surface area contributed by atoms with E-state index in [1.165, 1.54) is 17.8 Å². The fraction of sp³-hybridized carbons (Fsp3) is 0.188. The Labute approximate surface area is 126 Å². The van der Waals surface area contributed by atoms with E-state index in [-0.39, 0.29) is 17.1 Å². The predicted molar refractivity (Wildman–Crippen MR) is 84.7 cm³/mol.